The van der Waals surface area contributed by atoms with E-state index >= 15 is 0 Å². The average molecular weight is 477 g/mol. The standard InChI is InChI=1S/C28H32N4O2.FH/c1-20-26(27(33)32(31(20)6)25-10-8-7-9-11-25)28(34,21-12-16-23(17-13-21)29(2)3)22-14-18-24(19-15-22)30(4)5;/h7-19,34H,1-6H3;1H. The van der Waals surface area contributed by atoms with E-state index in [1.807, 2.05) is 117 Å². The molecule has 0 saturated heterocycles. The smallest absolute Gasteiger partial charge is 0.278 e. The molecule has 0 fully saturated rings. The van der Waals surface area contributed by atoms with Crippen molar-refractivity contribution in [3.8, 4) is 5.69 Å². The van der Waals surface area contributed by atoms with E-state index in [4.69, 9.17) is 0 Å². The van der Waals surface area contributed by atoms with Crippen molar-refractivity contribution < 1.29 is 14.7 Å². The number of nitrogens with zero attached hydrogens (tertiary/aromatic N) is 3. The van der Waals surface area contributed by atoms with Crippen LogP contribution in [0.4, 0.5) is 11.4 Å². The van der Waals surface area contributed by atoms with E-state index in [0.29, 0.717) is 22.4 Å². The summed E-state index contributed by atoms with van der Waals surface area (Å²) in [5.41, 5.74) is 3.36. The lowest BCUT2D eigenvalue weighted by Gasteiger charge is -2.29. The van der Waals surface area contributed by atoms with Crippen molar-refractivity contribution in [2.75, 3.05) is 33.1 Å². The molecule has 1 heterocycles. The van der Waals surface area contributed by atoms with Gasteiger partial charge >= 0.3 is 0 Å². The van der Waals surface area contributed by atoms with E-state index in [1.54, 1.807) is 4.68 Å². The van der Waals surface area contributed by atoms with Gasteiger partial charge in [0.25, 0.3) is 5.56 Å². The Kier molecular flexibility index (Phi) is 7.33. The molecule has 0 amide bonds. The molecule has 184 valence electrons. The Balaban J connectivity index is 0.00000342. The van der Waals surface area contributed by atoms with E-state index in [1.165, 1.54) is 4.90 Å². The Hall–Kier alpha value is -3.68. The van der Waals surface area contributed by atoms with Gasteiger partial charge in [-0.1, -0.05) is 30.3 Å². The van der Waals surface area contributed by atoms with Gasteiger partial charge in [-0.3, -0.25) is 9.48 Å². The first kappa shape index (κ1) is 25.9. The van der Waals surface area contributed by atoms with Gasteiger partial charge in [-0.15, -0.1) is 0 Å². The highest BCUT2D eigenvalue weighted by Gasteiger charge is 2.40. The molecule has 0 aliphatic heterocycles. The van der Waals surface area contributed by atoms with Crippen LogP contribution in [-0.2, 0) is 12.6 Å². The number of nitrogens with one attached hydrogen (secondary N) is 1. The molecule has 7 heteroatoms. The van der Waals surface area contributed by atoms with E-state index < -0.39 is 5.60 Å². The number of rotatable bonds is 6. The topological polar surface area (TPSA) is 54.8 Å². The van der Waals surface area contributed by atoms with Crippen molar-refractivity contribution in [2.45, 2.75) is 12.5 Å². The molecule has 0 radical (unpaired) electrons. The molecule has 4 rings (SSSR count). The third-order valence-electron chi connectivity index (χ3n) is 6.60. The summed E-state index contributed by atoms with van der Waals surface area (Å²) in [5, 5.41) is 12.5. The van der Waals surface area contributed by atoms with E-state index in [-0.39, 0.29) is 10.3 Å². The minimum atomic E-state index is -1.62. The average Bonchev–Trinajstić information content (AvgIpc) is 3.07. The van der Waals surface area contributed by atoms with Crippen LogP contribution in [0.5, 0.6) is 0 Å². The predicted molar refractivity (Wildman–Crippen MR) is 138 cm³/mol. The van der Waals surface area contributed by atoms with E-state index in [9.17, 15) is 9.90 Å². The van der Waals surface area contributed by atoms with Crippen LogP contribution in [0.15, 0.2) is 83.7 Å². The number of benzene rings is 3. The lowest BCUT2D eigenvalue weighted by atomic mass is 9.80. The van der Waals surface area contributed by atoms with Crippen LogP contribution in [0.3, 0.4) is 0 Å². The van der Waals surface area contributed by atoms with Crippen molar-refractivity contribution in [1.82, 2.24) is 9.36 Å². The van der Waals surface area contributed by atoms with Gasteiger partial charge in [-0.2, -0.15) is 0 Å². The summed E-state index contributed by atoms with van der Waals surface area (Å²) in [7, 11) is 9.91. The number of halogens is 1. The Morgan fingerprint density at radius 1 is 0.857 bits per heavy atom. The molecule has 2 N–H and O–H groups in total. The molecule has 1 aromatic heterocycles. The Morgan fingerprint density at radius 2 is 1.37 bits per heavy atom. The summed E-state index contributed by atoms with van der Waals surface area (Å²) in [5.74, 6) is 0. The lowest BCUT2D eigenvalue weighted by Crippen LogP contribution is -3.00. The van der Waals surface area contributed by atoms with Gasteiger partial charge < -0.3 is 19.6 Å². The maximum absolute atomic E-state index is 13.9. The Labute approximate surface area is 205 Å². The number of anilines is 1. The summed E-state index contributed by atoms with van der Waals surface area (Å²) in [6.07, 6.45) is 0. The molecule has 0 saturated carbocycles. The summed E-state index contributed by atoms with van der Waals surface area (Å²) in [6, 6.07) is 25.1. The second-order valence-corrected chi connectivity index (χ2v) is 9.17. The molecule has 1 atom stereocenters. The predicted octanol–water partition coefficient (Wildman–Crippen LogP) is -0.385. The van der Waals surface area contributed by atoms with Crippen molar-refractivity contribution in [2.24, 2.45) is 7.05 Å². The van der Waals surface area contributed by atoms with Crippen molar-refractivity contribution in [3.05, 3.63) is 112 Å². The summed E-state index contributed by atoms with van der Waals surface area (Å²) in [4.78, 5) is 17.1. The van der Waals surface area contributed by atoms with Crippen molar-refractivity contribution in [3.63, 3.8) is 0 Å². The van der Waals surface area contributed by atoms with Crippen molar-refractivity contribution in [1.29, 1.82) is 0 Å². The first-order valence-electron chi connectivity index (χ1n) is 11.4. The number of hydrogen-bond acceptors (Lipinski definition) is 3. The van der Waals surface area contributed by atoms with Crippen LogP contribution in [0.25, 0.3) is 5.69 Å². The molecule has 35 heavy (non-hydrogen) atoms. The zero-order chi connectivity index (χ0) is 24.6. The van der Waals surface area contributed by atoms with Crippen LogP contribution in [-0.4, -0.2) is 42.7 Å². The SMILES string of the molecule is Cc1c(C(O)(c2ccc(N(C)C)cc2)c2ccc([NH+](C)C)cc2)c(=O)n(-c2ccccc2)n1C.[F-]. The highest BCUT2D eigenvalue weighted by molar-refractivity contribution is 5.54. The number of aromatic nitrogens is 2. The summed E-state index contributed by atoms with van der Waals surface area (Å²) >= 11 is 0. The molecular weight excluding hydrogens is 443 g/mol. The van der Waals surface area contributed by atoms with Crippen LogP contribution < -0.4 is 20.1 Å². The fourth-order valence-corrected chi connectivity index (χ4v) is 4.49. The third kappa shape index (κ3) is 4.40. The molecule has 3 aromatic carbocycles. The minimum absolute atomic E-state index is 0. The first-order valence-corrected chi connectivity index (χ1v) is 11.4. The van der Waals surface area contributed by atoms with Gasteiger partial charge in [0, 0.05) is 32.5 Å². The number of quaternary nitrogens is 1. The maximum atomic E-state index is 13.9. The fraction of sp³-hybridized carbons (Fsp3) is 0.250. The molecular formula is C28H33FN4O2. The molecule has 0 aliphatic rings. The van der Waals surface area contributed by atoms with Gasteiger partial charge in [-0.05, 0) is 66.6 Å². The van der Waals surface area contributed by atoms with Crippen molar-refractivity contribution >= 4 is 11.4 Å². The molecule has 0 aliphatic carbocycles. The van der Waals surface area contributed by atoms with Gasteiger partial charge in [0.2, 0.25) is 0 Å². The minimum Gasteiger partial charge on any atom is -1.00 e. The summed E-state index contributed by atoms with van der Waals surface area (Å²) < 4.78 is 3.42. The Morgan fingerprint density at radius 3 is 1.86 bits per heavy atom. The third-order valence-corrected chi connectivity index (χ3v) is 6.60. The maximum Gasteiger partial charge on any atom is 0.278 e. The molecule has 4 aromatic rings. The number of para-hydroxylation sites is 1. The van der Waals surface area contributed by atoms with Crippen LogP contribution >= 0.6 is 0 Å². The Bertz CT molecular complexity index is 1290. The second kappa shape index (κ2) is 9.90. The molecule has 0 bridgehead atoms. The fourth-order valence-electron chi connectivity index (χ4n) is 4.49. The highest BCUT2D eigenvalue weighted by Crippen LogP contribution is 2.38. The van der Waals surface area contributed by atoms with Gasteiger partial charge in [-0.25, -0.2) is 4.68 Å². The van der Waals surface area contributed by atoms with E-state index in [0.717, 1.165) is 17.1 Å². The van der Waals surface area contributed by atoms with Crippen LogP contribution in [0.1, 0.15) is 22.4 Å². The van der Waals surface area contributed by atoms with Gasteiger partial charge in [0.1, 0.15) is 11.3 Å². The monoisotopic (exact) mass is 476 g/mol. The molecule has 1 unspecified atom stereocenters. The van der Waals surface area contributed by atoms with E-state index in [2.05, 4.69) is 14.1 Å². The highest BCUT2D eigenvalue weighted by atomic mass is 19.0. The van der Waals surface area contributed by atoms with Gasteiger partial charge in [0.05, 0.1) is 25.3 Å². The zero-order valence-corrected chi connectivity index (χ0v) is 21.1. The number of hydrogen-bond donors (Lipinski definition) is 2. The van der Waals surface area contributed by atoms with Crippen LogP contribution in [0, 0.1) is 6.92 Å². The zero-order valence-electron chi connectivity index (χ0n) is 21.1. The first-order chi connectivity index (χ1) is 16.2. The van der Waals surface area contributed by atoms with Gasteiger partial charge in [0.15, 0.2) is 0 Å². The second-order valence-electron chi connectivity index (χ2n) is 9.17. The normalized spacial score (nSPS) is 12.8. The molecule has 6 nitrogen and oxygen atoms in total. The lowest BCUT2D eigenvalue weighted by molar-refractivity contribution is -0.786. The largest absolute Gasteiger partial charge is 1.00 e. The van der Waals surface area contributed by atoms with Crippen LogP contribution in [0.2, 0.25) is 0 Å². The summed E-state index contributed by atoms with van der Waals surface area (Å²) in [6.45, 7) is 1.88. The number of aliphatic hydroxyl groups is 1. The quantitative estimate of drug-likeness (QED) is 0.399. The molecule has 0 spiro atoms.